The molecule has 0 unspecified atom stereocenters. The molecule has 1 aliphatic carbocycles. The van der Waals surface area contributed by atoms with E-state index in [4.69, 9.17) is 10.5 Å². The fourth-order valence-electron chi connectivity index (χ4n) is 4.85. The number of ether oxygens (including phenoxy) is 1. The molecular formula is C26H36FN5O5S. The van der Waals surface area contributed by atoms with E-state index in [0.717, 1.165) is 18.4 Å². The van der Waals surface area contributed by atoms with E-state index in [-0.39, 0.29) is 41.6 Å². The number of aromatic nitrogens is 1. The smallest absolute Gasteiger partial charge is 0.267 e. The maximum absolute atomic E-state index is 13.5. The number of sulfonamides is 1. The molecule has 12 heteroatoms. The van der Waals surface area contributed by atoms with Crippen LogP contribution in [0.2, 0.25) is 0 Å². The predicted octanol–water partition coefficient (Wildman–Crippen LogP) is 2.39. The molecule has 0 bridgehead atoms. The van der Waals surface area contributed by atoms with Crippen LogP contribution in [0, 0.1) is 5.92 Å². The van der Waals surface area contributed by atoms with Crippen molar-refractivity contribution in [1.29, 1.82) is 0 Å². The number of anilines is 1. The van der Waals surface area contributed by atoms with E-state index >= 15 is 0 Å². The highest BCUT2D eigenvalue weighted by molar-refractivity contribution is 7.89. The molecule has 1 saturated carbocycles. The van der Waals surface area contributed by atoms with Gasteiger partial charge in [-0.2, -0.15) is 4.31 Å². The Morgan fingerprint density at radius 2 is 1.89 bits per heavy atom. The minimum atomic E-state index is -3.88. The maximum atomic E-state index is 13.5. The molecule has 0 radical (unpaired) electrons. The van der Waals surface area contributed by atoms with Crippen LogP contribution in [-0.4, -0.2) is 80.0 Å². The summed E-state index contributed by atoms with van der Waals surface area (Å²) >= 11 is 0. The summed E-state index contributed by atoms with van der Waals surface area (Å²) in [6.45, 7) is 3.81. The largest absolute Gasteiger partial charge is 0.493 e. The molecule has 1 saturated heterocycles. The SMILES string of the molecule is CCOc1ccc(S(=O)(=O)N2CCN(CCCF)CC2)cc1C(=O)Nc1c(CC2CC2)cn(C)c1C(N)=O. The lowest BCUT2D eigenvalue weighted by atomic mass is 10.1. The third-order valence-corrected chi connectivity index (χ3v) is 8.90. The molecule has 10 nitrogen and oxygen atoms in total. The summed E-state index contributed by atoms with van der Waals surface area (Å²) in [6.07, 6.45) is 5.11. The van der Waals surface area contributed by atoms with Crippen molar-refractivity contribution in [3.63, 3.8) is 0 Å². The summed E-state index contributed by atoms with van der Waals surface area (Å²) in [5.41, 5.74) is 7.01. The first-order valence-corrected chi connectivity index (χ1v) is 14.4. The van der Waals surface area contributed by atoms with Gasteiger partial charge in [0.25, 0.3) is 11.8 Å². The van der Waals surface area contributed by atoms with Crippen LogP contribution in [0.1, 0.15) is 52.6 Å². The summed E-state index contributed by atoms with van der Waals surface area (Å²) in [4.78, 5) is 27.8. The second kappa shape index (κ2) is 11.8. The molecule has 4 rings (SSSR count). The second-order valence-corrected chi connectivity index (χ2v) is 11.8. The number of primary amides is 1. The molecule has 2 aliphatic rings. The van der Waals surface area contributed by atoms with Crippen LogP contribution in [-0.2, 0) is 23.5 Å². The molecule has 0 spiro atoms. The number of aryl methyl sites for hydroxylation is 1. The Kier molecular flexibility index (Phi) is 8.74. The summed E-state index contributed by atoms with van der Waals surface area (Å²) in [6, 6.07) is 4.23. The third kappa shape index (κ3) is 6.19. The van der Waals surface area contributed by atoms with Gasteiger partial charge in [-0.25, -0.2) is 8.42 Å². The van der Waals surface area contributed by atoms with E-state index in [2.05, 4.69) is 5.32 Å². The Labute approximate surface area is 223 Å². The van der Waals surface area contributed by atoms with Crippen LogP contribution in [0.5, 0.6) is 5.75 Å². The van der Waals surface area contributed by atoms with Crippen LogP contribution in [0.3, 0.4) is 0 Å². The number of amides is 2. The Morgan fingerprint density at radius 1 is 1.18 bits per heavy atom. The molecule has 2 amide bonds. The molecule has 208 valence electrons. The van der Waals surface area contributed by atoms with Gasteiger partial charge >= 0.3 is 0 Å². The van der Waals surface area contributed by atoms with Crippen molar-refractivity contribution in [1.82, 2.24) is 13.8 Å². The first-order chi connectivity index (χ1) is 18.1. The van der Waals surface area contributed by atoms with Gasteiger partial charge in [-0.3, -0.25) is 14.0 Å². The number of carbonyl (C=O) groups is 2. The topological polar surface area (TPSA) is 127 Å². The van der Waals surface area contributed by atoms with Gasteiger partial charge < -0.3 is 25.3 Å². The van der Waals surface area contributed by atoms with Gasteiger partial charge in [0.1, 0.15) is 11.4 Å². The summed E-state index contributed by atoms with van der Waals surface area (Å²) in [5.74, 6) is -0.525. The van der Waals surface area contributed by atoms with Crippen molar-refractivity contribution in [2.75, 3.05) is 51.3 Å². The van der Waals surface area contributed by atoms with Crippen molar-refractivity contribution >= 4 is 27.5 Å². The quantitative estimate of drug-likeness (QED) is 0.419. The average molecular weight is 550 g/mol. The maximum Gasteiger partial charge on any atom is 0.267 e. The van der Waals surface area contributed by atoms with E-state index in [1.54, 1.807) is 24.7 Å². The van der Waals surface area contributed by atoms with Gasteiger partial charge in [0.2, 0.25) is 10.0 Å². The minimum absolute atomic E-state index is 0.0234. The Hall–Kier alpha value is -2.96. The third-order valence-electron chi connectivity index (χ3n) is 7.01. The normalized spacial score (nSPS) is 16.9. The number of halogens is 1. The molecule has 38 heavy (non-hydrogen) atoms. The van der Waals surface area contributed by atoms with Crippen LogP contribution in [0.25, 0.3) is 0 Å². The molecule has 2 heterocycles. The molecule has 1 aliphatic heterocycles. The first-order valence-electron chi connectivity index (χ1n) is 13.0. The van der Waals surface area contributed by atoms with Crippen LogP contribution >= 0.6 is 0 Å². The van der Waals surface area contributed by atoms with E-state index in [0.29, 0.717) is 44.1 Å². The number of benzene rings is 1. The fraction of sp³-hybridized carbons (Fsp3) is 0.538. The van der Waals surface area contributed by atoms with E-state index in [1.165, 1.54) is 22.5 Å². The predicted molar refractivity (Wildman–Crippen MR) is 142 cm³/mol. The molecule has 1 aromatic carbocycles. The van der Waals surface area contributed by atoms with Gasteiger partial charge in [-0.1, -0.05) is 0 Å². The number of piperazine rings is 1. The van der Waals surface area contributed by atoms with Crippen molar-refractivity contribution in [2.24, 2.45) is 18.7 Å². The highest BCUT2D eigenvalue weighted by Crippen LogP contribution is 2.37. The van der Waals surface area contributed by atoms with Crippen molar-refractivity contribution in [3.05, 3.63) is 41.2 Å². The van der Waals surface area contributed by atoms with Gasteiger partial charge in [0, 0.05) is 46.0 Å². The van der Waals surface area contributed by atoms with E-state index in [9.17, 15) is 22.4 Å². The first kappa shape index (κ1) is 28.1. The van der Waals surface area contributed by atoms with E-state index in [1.807, 2.05) is 4.90 Å². The number of alkyl halides is 1. The fourth-order valence-corrected chi connectivity index (χ4v) is 6.30. The Morgan fingerprint density at radius 3 is 2.50 bits per heavy atom. The van der Waals surface area contributed by atoms with Gasteiger partial charge in [-0.05, 0) is 62.3 Å². The zero-order valence-electron chi connectivity index (χ0n) is 21.9. The average Bonchev–Trinajstić information content (AvgIpc) is 3.65. The lowest BCUT2D eigenvalue weighted by Crippen LogP contribution is -2.48. The summed E-state index contributed by atoms with van der Waals surface area (Å²) in [7, 11) is -2.18. The molecule has 0 atom stereocenters. The summed E-state index contributed by atoms with van der Waals surface area (Å²) in [5, 5.41) is 2.83. The standard InChI is InChI=1S/C26H36FN5O5S/c1-3-37-22-8-7-20(38(35,36)32-13-11-31(12-14-32)10-4-9-27)16-21(22)26(34)29-23-19(15-18-5-6-18)17-30(2)24(23)25(28)33/h7-8,16-18H,3-6,9-15H2,1-2H3,(H2,28,33)(H,29,34). The van der Waals surface area contributed by atoms with Gasteiger partial charge in [-0.15, -0.1) is 0 Å². The van der Waals surface area contributed by atoms with E-state index < -0.39 is 28.5 Å². The zero-order valence-corrected chi connectivity index (χ0v) is 22.7. The number of hydrogen-bond donors (Lipinski definition) is 2. The van der Waals surface area contributed by atoms with Crippen molar-refractivity contribution in [3.8, 4) is 5.75 Å². The summed E-state index contributed by atoms with van der Waals surface area (Å²) < 4.78 is 48.0. The minimum Gasteiger partial charge on any atom is -0.493 e. The number of nitrogens with one attached hydrogen (secondary N) is 1. The number of hydrogen-bond acceptors (Lipinski definition) is 6. The Balaban J connectivity index is 1.61. The lowest BCUT2D eigenvalue weighted by Gasteiger charge is -2.33. The zero-order chi connectivity index (χ0) is 27.4. The molecule has 2 fully saturated rings. The molecule has 3 N–H and O–H groups in total. The second-order valence-electron chi connectivity index (χ2n) is 9.83. The van der Waals surface area contributed by atoms with Gasteiger partial charge in [0.15, 0.2) is 0 Å². The van der Waals surface area contributed by atoms with Crippen LogP contribution in [0.15, 0.2) is 29.3 Å². The number of nitrogens with two attached hydrogens (primary N) is 1. The Bertz CT molecular complexity index is 1280. The van der Waals surface area contributed by atoms with Crippen LogP contribution < -0.4 is 15.8 Å². The molecule has 1 aromatic heterocycles. The highest BCUT2D eigenvalue weighted by atomic mass is 32.2. The number of carbonyl (C=O) groups excluding carboxylic acids is 2. The molecular weight excluding hydrogens is 513 g/mol. The van der Waals surface area contributed by atoms with Gasteiger partial charge in [0.05, 0.1) is 29.4 Å². The lowest BCUT2D eigenvalue weighted by molar-refractivity contribution is 0.0993. The number of nitrogens with zero attached hydrogens (tertiary/aromatic N) is 3. The monoisotopic (exact) mass is 549 g/mol. The van der Waals surface area contributed by atoms with Crippen molar-refractivity contribution < 1.29 is 27.1 Å². The highest BCUT2D eigenvalue weighted by Gasteiger charge is 2.31. The van der Waals surface area contributed by atoms with Crippen LogP contribution in [0.4, 0.5) is 10.1 Å². The molecule has 2 aromatic rings. The van der Waals surface area contributed by atoms with Crippen molar-refractivity contribution in [2.45, 2.75) is 37.5 Å². The number of rotatable bonds is 12.